The molecule has 0 amide bonds. The number of piperazine rings is 1. The van der Waals surface area contributed by atoms with Crippen LogP contribution >= 0.6 is 0 Å². The maximum atomic E-state index is 13.9. The SMILES string of the molecule is Fc1ccc(CN2C3CC2CN(Cc2ccc(C(F)(F)F)nc2)C3)c(F)c1. The Kier molecular flexibility index (Phi) is 4.63. The molecule has 0 saturated carbocycles. The normalized spacial score (nSPS) is 23.3. The molecule has 2 unspecified atom stereocenters. The van der Waals surface area contributed by atoms with E-state index in [0.29, 0.717) is 18.7 Å². The van der Waals surface area contributed by atoms with Gasteiger partial charge in [-0.15, -0.1) is 0 Å². The van der Waals surface area contributed by atoms with Gasteiger partial charge in [-0.05, 0) is 24.1 Å². The van der Waals surface area contributed by atoms with Gasteiger partial charge in [-0.3, -0.25) is 14.8 Å². The van der Waals surface area contributed by atoms with Crippen molar-refractivity contribution in [1.29, 1.82) is 0 Å². The first-order valence-corrected chi connectivity index (χ1v) is 8.74. The Bertz CT molecular complexity index is 809. The van der Waals surface area contributed by atoms with E-state index in [4.69, 9.17) is 0 Å². The summed E-state index contributed by atoms with van der Waals surface area (Å²) < 4.78 is 64.6. The van der Waals surface area contributed by atoms with E-state index in [-0.39, 0.29) is 12.1 Å². The molecule has 8 heteroatoms. The summed E-state index contributed by atoms with van der Waals surface area (Å²) in [5, 5.41) is 0. The van der Waals surface area contributed by atoms with Crippen LogP contribution < -0.4 is 0 Å². The minimum atomic E-state index is -4.43. The molecule has 3 saturated heterocycles. The fourth-order valence-electron chi connectivity index (χ4n) is 3.95. The van der Waals surface area contributed by atoms with E-state index >= 15 is 0 Å². The molecule has 1 aromatic carbocycles. The summed E-state index contributed by atoms with van der Waals surface area (Å²) in [7, 11) is 0. The van der Waals surface area contributed by atoms with Crippen molar-refractivity contribution in [1.82, 2.24) is 14.8 Å². The Morgan fingerprint density at radius 3 is 2.33 bits per heavy atom. The van der Waals surface area contributed by atoms with Gasteiger partial charge in [-0.2, -0.15) is 13.2 Å². The zero-order valence-corrected chi connectivity index (χ0v) is 14.4. The molecule has 2 bridgehead atoms. The van der Waals surface area contributed by atoms with Crippen LogP contribution in [0, 0.1) is 11.6 Å². The molecule has 2 atom stereocenters. The van der Waals surface area contributed by atoms with Gasteiger partial charge in [0.2, 0.25) is 0 Å². The van der Waals surface area contributed by atoms with E-state index in [2.05, 4.69) is 14.8 Å². The Morgan fingerprint density at radius 2 is 1.74 bits per heavy atom. The first-order valence-electron chi connectivity index (χ1n) is 8.74. The van der Waals surface area contributed by atoms with Crippen LogP contribution in [0.15, 0.2) is 36.5 Å². The van der Waals surface area contributed by atoms with Crippen molar-refractivity contribution in [3.05, 3.63) is 65.0 Å². The van der Waals surface area contributed by atoms with Crippen LogP contribution in [-0.4, -0.2) is 40.0 Å². The Balaban J connectivity index is 1.35. The van der Waals surface area contributed by atoms with Gasteiger partial charge in [-0.25, -0.2) is 8.78 Å². The smallest absolute Gasteiger partial charge is 0.296 e. The molecule has 3 nitrogen and oxygen atoms in total. The molecule has 0 N–H and O–H groups in total. The van der Waals surface area contributed by atoms with Crippen molar-refractivity contribution < 1.29 is 22.0 Å². The third-order valence-electron chi connectivity index (χ3n) is 5.31. The Labute approximate surface area is 153 Å². The van der Waals surface area contributed by atoms with Crippen LogP contribution in [0.2, 0.25) is 0 Å². The summed E-state index contributed by atoms with van der Waals surface area (Å²) in [5.74, 6) is -1.12. The Hall–Kier alpha value is -2.06. The van der Waals surface area contributed by atoms with Crippen LogP contribution in [0.25, 0.3) is 0 Å². The highest BCUT2D eigenvalue weighted by Crippen LogP contribution is 2.35. The number of aromatic nitrogens is 1. The summed E-state index contributed by atoms with van der Waals surface area (Å²) >= 11 is 0. The third-order valence-corrected chi connectivity index (χ3v) is 5.31. The van der Waals surface area contributed by atoms with E-state index in [1.807, 2.05) is 0 Å². The molecule has 144 valence electrons. The summed E-state index contributed by atoms with van der Waals surface area (Å²) in [6.45, 7) is 2.51. The highest BCUT2D eigenvalue weighted by Gasteiger charge is 2.44. The van der Waals surface area contributed by atoms with E-state index in [1.54, 1.807) is 0 Å². The number of benzene rings is 1. The topological polar surface area (TPSA) is 19.4 Å². The van der Waals surface area contributed by atoms with Crippen LogP contribution in [0.5, 0.6) is 0 Å². The molecule has 3 fully saturated rings. The van der Waals surface area contributed by atoms with Crippen molar-refractivity contribution in [2.75, 3.05) is 13.1 Å². The number of hydrogen-bond donors (Lipinski definition) is 0. The largest absolute Gasteiger partial charge is 0.433 e. The molecule has 0 spiro atoms. The van der Waals surface area contributed by atoms with Crippen LogP contribution in [0.4, 0.5) is 22.0 Å². The number of pyridine rings is 1. The summed E-state index contributed by atoms with van der Waals surface area (Å²) in [6, 6.07) is 6.65. The number of rotatable bonds is 4. The average Bonchev–Trinajstić information content (AvgIpc) is 2.60. The Morgan fingerprint density at radius 1 is 1.00 bits per heavy atom. The van der Waals surface area contributed by atoms with Crippen LogP contribution in [0.1, 0.15) is 23.2 Å². The van der Waals surface area contributed by atoms with Crippen LogP contribution in [0.3, 0.4) is 0 Å². The second-order valence-electron chi connectivity index (χ2n) is 7.19. The predicted molar refractivity (Wildman–Crippen MR) is 88.6 cm³/mol. The van der Waals surface area contributed by atoms with Gasteiger partial charge in [0.15, 0.2) is 0 Å². The maximum absolute atomic E-state index is 13.9. The molecule has 0 radical (unpaired) electrons. The monoisotopic (exact) mass is 383 g/mol. The van der Waals surface area contributed by atoms with Crippen molar-refractivity contribution in [3.8, 4) is 0 Å². The zero-order chi connectivity index (χ0) is 19.2. The van der Waals surface area contributed by atoms with E-state index in [1.165, 1.54) is 24.4 Å². The minimum Gasteiger partial charge on any atom is -0.296 e. The molecule has 5 rings (SSSR count). The number of piperidine rings is 1. The van der Waals surface area contributed by atoms with Crippen molar-refractivity contribution in [3.63, 3.8) is 0 Å². The minimum absolute atomic E-state index is 0.274. The van der Waals surface area contributed by atoms with Gasteiger partial charge in [-0.1, -0.05) is 12.1 Å². The lowest BCUT2D eigenvalue weighted by atomic mass is 9.86. The van der Waals surface area contributed by atoms with Crippen molar-refractivity contribution in [2.45, 2.75) is 37.8 Å². The fourth-order valence-corrected chi connectivity index (χ4v) is 3.95. The lowest BCUT2D eigenvalue weighted by molar-refractivity contribution is -0.141. The lowest BCUT2D eigenvalue weighted by Gasteiger charge is -2.56. The van der Waals surface area contributed by atoms with Crippen molar-refractivity contribution >= 4 is 0 Å². The number of halogens is 5. The number of nitrogens with zero attached hydrogens (tertiary/aromatic N) is 3. The maximum Gasteiger partial charge on any atom is 0.433 e. The molecule has 3 aliphatic heterocycles. The predicted octanol–water partition coefficient (Wildman–Crippen LogP) is 3.84. The number of fused-ring (bicyclic) bond motifs is 2. The van der Waals surface area contributed by atoms with Crippen LogP contribution in [-0.2, 0) is 19.3 Å². The van der Waals surface area contributed by atoms with Gasteiger partial charge < -0.3 is 0 Å². The molecule has 2 aromatic rings. The standard InChI is InChI=1S/C19H18F5N3/c20-14-3-2-13(17(21)5-14)9-27-15-6-16(27)11-26(10-15)8-12-1-4-18(25-7-12)19(22,23)24/h1-5,7,15-16H,6,8-11H2. The van der Waals surface area contributed by atoms with Gasteiger partial charge in [0, 0.05) is 56.1 Å². The number of hydrogen-bond acceptors (Lipinski definition) is 3. The van der Waals surface area contributed by atoms with Gasteiger partial charge in [0.1, 0.15) is 17.3 Å². The second kappa shape index (κ2) is 6.83. The molecule has 3 aliphatic rings. The van der Waals surface area contributed by atoms with Gasteiger partial charge in [0.05, 0.1) is 0 Å². The quantitative estimate of drug-likeness (QED) is 0.748. The summed E-state index contributed by atoms with van der Waals surface area (Å²) in [5.41, 5.74) is 0.326. The summed E-state index contributed by atoms with van der Waals surface area (Å²) in [6.07, 6.45) is -2.14. The highest BCUT2D eigenvalue weighted by molar-refractivity contribution is 5.20. The molecular formula is C19H18F5N3. The van der Waals surface area contributed by atoms with E-state index in [9.17, 15) is 22.0 Å². The zero-order valence-electron chi connectivity index (χ0n) is 14.4. The third kappa shape index (κ3) is 3.82. The highest BCUT2D eigenvalue weighted by atomic mass is 19.4. The first kappa shape index (κ1) is 18.3. The van der Waals surface area contributed by atoms with E-state index in [0.717, 1.165) is 37.2 Å². The fraction of sp³-hybridized carbons (Fsp3) is 0.421. The molecule has 0 aliphatic carbocycles. The number of alkyl halides is 3. The molecule has 27 heavy (non-hydrogen) atoms. The van der Waals surface area contributed by atoms with E-state index < -0.39 is 23.5 Å². The van der Waals surface area contributed by atoms with Crippen molar-refractivity contribution in [2.24, 2.45) is 0 Å². The lowest BCUT2D eigenvalue weighted by Crippen LogP contribution is -2.67. The van der Waals surface area contributed by atoms with Gasteiger partial charge in [0.25, 0.3) is 0 Å². The second-order valence-corrected chi connectivity index (χ2v) is 7.19. The molecule has 1 aromatic heterocycles. The first-order chi connectivity index (χ1) is 12.8. The van der Waals surface area contributed by atoms with Gasteiger partial charge >= 0.3 is 6.18 Å². The molecule has 4 heterocycles. The molecular weight excluding hydrogens is 365 g/mol. The summed E-state index contributed by atoms with van der Waals surface area (Å²) in [4.78, 5) is 7.89. The average molecular weight is 383 g/mol.